The average Bonchev–Trinajstić information content (AvgIpc) is 3.22. The first-order chi connectivity index (χ1) is 12.5. The summed E-state index contributed by atoms with van der Waals surface area (Å²) in [7, 11) is 0. The molecule has 0 fully saturated rings. The van der Waals surface area contributed by atoms with Crippen LogP contribution in [-0.4, -0.2) is 26.1 Å². The molecule has 3 aromatic heterocycles. The lowest BCUT2D eigenvalue weighted by molar-refractivity contribution is -0.274. The maximum Gasteiger partial charge on any atom is 0.573 e. The van der Waals surface area contributed by atoms with Crippen molar-refractivity contribution in [3.8, 4) is 17.0 Å². The van der Waals surface area contributed by atoms with E-state index in [0.29, 0.717) is 12.1 Å². The molecule has 0 radical (unpaired) electrons. The SMILES string of the molecule is FC(F)(F)Oc1cccc(Cn2ccc(-c3ccnc4[nH]ccc34)n2)c1. The molecule has 0 aliphatic rings. The van der Waals surface area contributed by atoms with E-state index in [9.17, 15) is 13.2 Å². The highest BCUT2D eigenvalue weighted by Gasteiger charge is 2.31. The van der Waals surface area contributed by atoms with Gasteiger partial charge in [0.1, 0.15) is 11.4 Å². The number of aromatic amines is 1. The van der Waals surface area contributed by atoms with Gasteiger partial charge in [0, 0.05) is 29.5 Å². The molecule has 4 rings (SSSR count). The number of hydrogen-bond acceptors (Lipinski definition) is 3. The number of H-pyrrole nitrogens is 1. The minimum atomic E-state index is -4.71. The lowest BCUT2D eigenvalue weighted by Crippen LogP contribution is -2.17. The molecule has 26 heavy (non-hydrogen) atoms. The zero-order valence-corrected chi connectivity index (χ0v) is 13.4. The quantitative estimate of drug-likeness (QED) is 0.589. The first-order valence-electron chi connectivity index (χ1n) is 7.78. The molecule has 0 aliphatic carbocycles. The Balaban J connectivity index is 1.58. The van der Waals surface area contributed by atoms with E-state index in [4.69, 9.17) is 0 Å². The van der Waals surface area contributed by atoms with Crippen molar-refractivity contribution in [2.45, 2.75) is 12.9 Å². The molecule has 0 unspecified atom stereocenters. The van der Waals surface area contributed by atoms with E-state index in [-0.39, 0.29) is 5.75 Å². The Bertz CT molecular complexity index is 1050. The summed E-state index contributed by atoms with van der Waals surface area (Å²) in [6.07, 6.45) is 0.585. The second-order valence-corrected chi connectivity index (χ2v) is 5.69. The number of halogens is 3. The van der Waals surface area contributed by atoms with Crippen LogP contribution < -0.4 is 4.74 Å². The summed E-state index contributed by atoms with van der Waals surface area (Å²) in [5, 5.41) is 5.48. The van der Waals surface area contributed by atoms with Crippen LogP contribution in [0.2, 0.25) is 0 Å². The fourth-order valence-corrected chi connectivity index (χ4v) is 2.81. The van der Waals surface area contributed by atoms with Crippen LogP contribution in [0.25, 0.3) is 22.3 Å². The van der Waals surface area contributed by atoms with Crippen molar-refractivity contribution >= 4 is 11.0 Å². The molecule has 0 saturated heterocycles. The van der Waals surface area contributed by atoms with Crippen LogP contribution in [0.1, 0.15) is 5.56 Å². The zero-order valence-electron chi connectivity index (χ0n) is 13.4. The van der Waals surface area contributed by atoms with Gasteiger partial charge in [-0.2, -0.15) is 5.10 Å². The molecule has 4 aromatic rings. The van der Waals surface area contributed by atoms with E-state index < -0.39 is 6.36 Å². The Kier molecular flexibility index (Phi) is 3.87. The van der Waals surface area contributed by atoms with Gasteiger partial charge in [-0.25, -0.2) is 4.98 Å². The van der Waals surface area contributed by atoms with E-state index in [2.05, 4.69) is 19.8 Å². The van der Waals surface area contributed by atoms with Gasteiger partial charge in [0.05, 0.1) is 12.2 Å². The molecule has 8 heteroatoms. The molecule has 1 N–H and O–H groups in total. The van der Waals surface area contributed by atoms with Gasteiger partial charge >= 0.3 is 6.36 Å². The van der Waals surface area contributed by atoms with Crippen LogP contribution in [0.4, 0.5) is 13.2 Å². The average molecular weight is 358 g/mol. The molecule has 1 aromatic carbocycles. The van der Waals surface area contributed by atoms with E-state index in [1.165, 1.54) is 18.2 Å². The van der Waals surface area contributed by atoms with E-state index in [1.54, 1.807) is 23.1 Å². The normalized spacial score (nSPS) is 11.8. The van der Waals surface area contributed by atoms with Gasteiger partial charge in [-0.15, -0.1) is 13.2 Å². The van der Waals surface area contributed by atoms with Gasteiger partial charge in [-0.1, -0.05) is 12.1 Å². The van der Waals surface area contributed by atoms with Crippen LogP contribution in [0.3, 0.4) is 0 Å². The summed E-state index contributed by atoms with van der Waals surface area (Å²) < 4.78 is 42.7. The fourth-order valence-electron chi connectivity index (χ4n) is 2.81. The molecule has 0 amide bonds. The zero-order chi connectivity index (χ0) is 18.1. The fraction of sp³-hybridized carbons (Fsp3) is 0.111. The van der Waals surface area contributed by atoms with Crippen LogP contribution in [0, 0.1) is 0 Å². The van der Waals surface area contributed by atoms with Gasteiger partial charge in [0.25, 0.3) is 0 Å². The highest BCUT2D eigenvalue weighted by atomic mass is 19.4. The predicted molar refractivity (Wildman–Crippen MR) is 89.5 cm³/mol. The number of nitrogens with one attached hydrogen (secondary N) is 1. The number of rotatable bonds is 4. The molecule has 132 valence electrons. The molecule has 3 heterocycles. The predicted octanol–water partition coefficient (Wildman–Crippen LogP) is 4.37. The molecule has 0 aliphatic heterocycles. The largest absolute Gasteiger partial charge is 0.573 e. The lowest BCUT2D eigenvalue weighted by atomic mass is 10.1. The Morgan fingerprint density at radius 1 is 1.12 bits per heavy atom. The van der Waals surface area contributed by atoms with Crippen molar-refractivity contribution in [3.63, 3.8) is 0 Å². The number of ether oxygens (including phenoxy) is 1. The third kappa shape index (κ3) is 3.39. The highest BCUT2D eigenvalue weighted by molar-refractivity contribution is 5.91. The van der Waals surface area contributed by atoms with Crippen LogP contribution >= 0.6 is 0 Å². The highest BCUT2D eigenvalue weighted by Crippen LogP contribution is 2.26. The Morgan fingerprint density at radius 2 is 2.00 bits per heavy atom. The number of fused-ring (bicyclic) bond motifs is 1. The third-order valence-corrected chi connectivity index (χ3v) is 3.85. The van der Waals surface area contributed by atoms with Gasteiger partial charge in [0.15, 0.2) is 0 Å². The van der Waals surface area contributed by atoms with Crippen molar-refractivity contribution in [1.82, 2.24) is 19.7 Å². The molecule has 5 nitrogen and oxygen atoms in total. The van der Waals surface area contributed by atoms with Crippen molar-refractivity contribution in [3.05, 3.63) is 66.6 Å². The van der Waals surface area contributed by atoms with Crippen molar-refractivity contribution < 1.29 is 17.9 Å². The van der Waals surface area contributed by atoms with Gasteiger partial charge < -0.3 is 9.72 Å². The summed E-state index contributed by atoms with van der Waals surface area (Å²) >= 11 is 0. The number of benzene rings is 1. The summed E-state index contributed by atoms with van der Waals surface area (Å²) in [5.41, 5.74) is 3.13. The van der Waals surface area contributed by atoms with Crippen molar-refractivity contribution in [1.29, 1.82) is 0 Å². The maximum atomic E-state index is 12.3. The molecule has 0 saturated carbocycles. The Hall–Kier alpha value is -3.29. The maximum absolute atomic E-state index is 12.3. The smallest absolute Gasteiger partial charge is 0.406 e. The Labute approximate surface area is 146 Å². The third-order valence-electron chi connectivity index (χ3n) is 3.85. The number of alkyl halides is 3. The van der Waals surface area contributed by atoms with Crippen LogP contribution in [0.15, 0.2) is 61.1 Å². The second kappa shape index (κ2) is 6.21. The molecule has 0 bridgehead atoms. The molecular weight excluding hydrogens is 345 g/mol. The van der Waals surface area contributed by atoms with Gasteiger partial charge in [-0.3, -0.25) is 4.68 Å². The summed E-state index contributed by atoms with van der Waals surface area (Å²) in [5.74, 6) is -0.245. The minimum absolute atomic E-state index is 0.245. The topological polar surface area (TPSA) is 55.7 Å². The van der Waals surface area contributed by atoms with Gasteiger partial charge in [-0.05, 0) is 35.9 Å². The van der Waals surface area contributed by atoms with Gasteiger partial charge in [0.2, 0.25) is 0 Å². The van der Waals surface area contributed by atoms with E-state index in [0.717, 1.165) is 22.3 Å². The van der Waals surface area contributed by atoms with Crippen LogP contribution in [-0.2, 0) is 6.54 Å². The lowest BCUT2D eigenvalue weighted by Gasteiger charge is -2.10. The molecule has 0 atom stereocenters. The summed E-state index contributed by atoms with van der Waals surface area (Å²) in [6.45, 7) is 0.330. The first kappa shape index (κ1) is 16.2. The number of pyridine rings is 1. The second-order valence-electron chi connectivity index (χ2n) is 5.69. The van der Waals surface area contributed by atoms with Crippen molar-refractivity contribution in [2.24, 2.45) is 0 Å². The number of aromatic nitrogens is 4. The van der Waals surface area contributed by atoms with Crippen LogP contribution in [0.5, 0.6) is 5.75 Å². The standard InChI is InChI=1S/C18H13F3N4O/c19-18(20,21)26-13-3-1-2-12(10-13)11-25-9-6-16(24-25)14-4-7-22-17-15(14)5-8-23-17/h1-10H,11H2,(H,22,23). The van der Waals surface area contributed by atoms with Crippen molar-refractivity contribution in [2.75, 3.05) is 0 Å². The molecular formula is C18H13F3N4O. The summed E-state index contributed by atoms with van der Waals surface area (Å²) in [6, 6.07) is 11.5. The number of hydrogen-bond donors (Lipinski definition) is 1. The first-order valence-corrected chi connectivity index (χ1v) is 7.78. The number of nitrogens with zero attached hydrogens (tertiary/aromatic N) is 3. The Morgan fingerprint density at radius 3 is 2.85 bits per heavy atom. The minimum Gasteiger partial charge on any atom is -0.406 e. The monoisotopic (exact) mass is 358 g/mol. The molecule has 0 spiro atoms. The van der Waals surface area contributed by atoms with E-state index >= 15 is 0 Å². The summed E-state index contributed by atoms with van der Waals surface area (Å²) in [4.78, 5) is 7.29. The van der Waals surface area contributed by atoms with E-state index in [1.807, 2.05) is 24.4 Å².